The highest BCUT2D eigenvalue weighted by Crippen LogP contribution is 2.29. The molecule has 0 atom stereocenters. The van der Waals surface area contributed by atoms with Crippen molar-refractivity contribution in [3.8, 4) is 11.5 Å². The predicted octanol–water partition coefficient (Wildman–Crippen LogP) is 1.63. The Kier molecular flexibility index (Phi) is 7.52. The van der Waals surface area contributed by atoms with Crippen molar-refractivity contribution in [3.63, 3.8) is 0 Å². The van der Waals surface area contributed by atoms with Crippen molar-refractivity contribution in [1.82, 2.24) is 9.55 Å². The van der Waals surface area contributed by atoms with E-state index in [4.69, 9.17) is 19.9 Å². The number of rotatable bonds is 9. The van der Waals surface area contributed by atoms with E-state index in [-0.39, 0.29) is 36.8 Å². The van der Waals surface area contributed by atoms with Crippen molar-refractivity contribution in [2.24, 2.45) is 0 Å². The first-order valence-electron chi connectivity index (χ1n) is 10.1. The van der Waals surface area contributed by atoms with Gasteiger partial charge >= 0.3 is 5.69 Å². The van der Waals surface area contributed by atoms with Gasteiger partial charge in [-0.05, 0) is 23.8 Å². The largest absolute Gasteiger partial charge is 0.493 e. The summed E-state index contributed by atoms with van der Waals surface area (Å²) in [5.74, 6) is 0.170. The molecule has 0 bridgehead atoms. The lowest BCUT2D eigenvalue weighted by Crippen LogP contribution is -2.41. The summed E-state index contributed by atoms with van der Waals surface area (Å²) in [5, 5.41) is 0. The van der Waals surface area contributed by atoms with Gasteiger partial charge in [0.05, 0.1) is 33.9 Å². The number of carbonyl (C=O) groups is 1. The lowest BCUT2D eigenvalue weighted by Gasteiger charge is -2.25. The van der Waals surface area contributed by atoms with Gasteiger partial charge < -0.3 is 19.9 Å². The Morgan fingerprint density at radius 1 is 1.03 bits per heavy atom. The van der Waals surface area contributed by atoms with Crippen molar-refractivity contribution in [1.29, 1.82) is 0 Å². The van der Waals surface area contributed by atoms with Crippen LogP contribution < -0.4 is 31.4 Å². The number of nitrogens with zero attached hydrogens (tertiary/aromatic N) is 2. The van der Waals surface area contributed by atoms with Crippen molar-refractivity contribution < 1.29 is 19.0 Å². The molecule has 33 heavy (non-hydrogen) atoms. The van der Waals surface area contributed by atoms with Gasteiger partial charge in [-0.25, -0.2) is 4.79 Å². The molecule has 10 nitrogen and oxygen atoms in total. The van der Waals surface area contributed by atoms with Crippen LogP contribution in [-0.4, -0.2) is 43.4 Å². The van der Waals surface area contributed by atoms with E-state index in [1.165, 1.54) is 36.9 Å². The van der Waals surface area contributed by atoms with Crippen LogP contribution in [0.4, 0.5) is 11.5 Å². The van der Waals surface area contributed by atoms with E-state index in [9.17, 15) is 14.4 Å². The lowest BCUT2D eigenvalue weighted by molar-refractivity contribution is 0.0984. The molecule has 3 rings (SSSR count). The van der Waals surface area contributed by atoms with Crippen LogP contribution in [0.2, 0.25) is 0 Å². The van der Waals surface area contributed by atoms with Gasteiger partial charge in [0.1, 0.15) is 5.82 Å². The second kappa shape index (κ2) is 10.5. The van der Waals surface area contributed by atoms with E-state index in [1.54, 1.807) is 12.1 Å². The molecule has 0 radical (unpaired) electrons. The molecule has 0 saturated heterocycles. The first kappa shape index (κ1) is 23.6. The molecule has 2 aromatic carbocycles. The fourth-order valence-corrected chi connectivity index (χ4v) is 3.39. The summed E-state index contributed by atoms with van der Waals surface area (Å²) in [7, 11) is 4.43. The zero-order chi connectivity index (χ0) is 24.0. The van der Waals surface area contributed by atoms with Gasteiger partial charge in [0.25, 0.3) is 11.5 Å². The molecular formula is C23H26N4O6. The average molecular weight is 454 g/mol. The number of aromatic amines is 1. The summed E-state index contributed by atoms with van der Waals surface area (Å²) in [6.45, 7) is 0.344. The standard InChI is InChI=1S/C23H26N4O6/c1-31-12-11-26-20(24)19(21(28)25-23(26)30)27(14-15-7-5-4-6-8-15)22(29)16-9-10-17(32-2)18(13-16)33-3/h4-10,13H,11-12,14,24H2,1-3H3,(H,25,28,30). The second-order valence-electron chi connectivity index (χ2n) is 7.08. The summed E-state index contributed by atoms with van der Waals surface area (Å²) in [6, 6.07) is 13.8. The third-order valence-electron chi connectivity index (χ3n) is 5.06. The smallest absolute Gasteiger partial charge is 0.330 e. The molecule has 0 saturated carbocycles. The maximum atomic E-state index is 13.6. The summed E-state index contributed by atoms with van der Waals surface area (Å²) in [5.41, 5.74) is 5.68. The molecule has 0 fully saturated rings. The van der Waals surface area contributed by atoms with Crippen LogP contribution in [0, 0.1) is 0 Å². The molecule has 1 heterocycles. The molecule has 3 N–H and O–H groups in total. The molecule has 3 aromatic rings. The number of anilines is 2. The zero-order valence-electron chi connectivity index (χ0n) is 18.7. The van der Waals surface area contributed by atoms with Gasteiger partial charge in [-0.2, -0.15) is 0 Å². The highest BCUT2D eigenvalue weighted by Gasteiger charge is 2.26. The van der Waals surface area contributed by atoms with Crippen LogP contribution in [0.3, 0.4) is 0 Å². The predicted molar refractivity (Wildman–Crippen MR) is 124 cm³/mol. The van der Waals surface area contributed by atoms with Crippen LogP contribution in [-0.2, 0) is 17.8 Å². The van der Waals surface area contributed by atoms with Crippen LogP contribution in [0.25, 0.3) is 0 Å². The molecule has 0 aliphatic heterocycles. The van der Waals surface area contributed by atoms with Crippen molar-refractivity contribution in [3.05, 3.63) is 80.5 Å². The van der Waals surface area contributed by atoms with Gasteiger partial charge in [0.2, 0.25) is 0 Å². The molecule has 10 heteroatoms. The SMILES string of the molecule is COCCn1c(N)c(N(Cc2ccccc2)C(=O)c2ccc(OC)c(OC)c2)c(=O)[nH]c1=O. The quantitative estimate of drug-likeness (QED) is 0.503. The monoisotopic (exact) mass is 454 g/mol. The van der Waals surface area contributed by atoms with Crippen LogP contribution in [0.15, 0.2) is 58.1 Å². The number of hydrogen-bond acceptors (Lipinski definition) is 7. The van der Waals surface area contributed by atoms with Gasteiger partial charge in [0, 0.05) is 12.7 Å². The molecular weight excluding hydrogens is 428 g/mol. The van der Waals surface area contributed by atoms with E-state index in [1.807, 2.05) is 30.3 Å². The number of H-pyrrole nitrogens is 1. The van der Waals surface area contributed by atoms with Gasteiger partial charge in [0.15, 0.2) is 17.2 Å². The first-order valence-corrected chi connectivity index (χ1v) is 10.1. The van der Waals surface area contributed by atoms with Gasteiger partial charge in [-0.3, -0.25) is 24.0 Å². The lowest BCUT2D eigenvalue weighted by atomic mass is 10.1. The van der Waals surface area contributed by atoms with Gasteiger partial charge in [-0.15, -0.1) is 0 Å². The highest BCUT2D eigenvalue weighted by atomic mass is 16.5. The minimum Gasteiger partial charge on any atom is -0.493 e. The Labute approximate surface area is 190 Å². The third kappa shape index (κ3) is 5.07. The van der Waals surface area contributed by atoms with Crippen molar-refractivity contribution in [2.75, 3.05) is 38.6 Å². The molecule has 0 aliphatic rings. The normalized spacial score (nSPS) is 10.6. The minimum atomic E-state index is -0.768. The third-order valence-corrected chi connectivity index (χ3v) is 5.06. The second-order valence-corrected chi connectivity index (χ2v) is 7.08. The highest BCUT2D eigenvalue weighted by molar-refractivity contribution is 6.07. The van der Waals surface area contributed by atoms with E-state index < -0.39 is 17.2 Å². The topological polar surface area (TPSA) is 129 Å². The summed E-state index contributed by atoms with van der Waals surface area (Å²) in [6.07, 6.45) is 0. The number of nitrogens with two attached hydrogens (primary N) is 1. The molecule has 1 aromatic heterocycles. The Morgan fingerprint density at radius 2 is 1.73 bits per heavy atom. The fourth-order valence-electron chi connectivity index (χ4n) is 3.39. The first-order chi connectivity index (χ1) is 15.9. The maximum absolute atomic E-state index is 13.6. The number of methoxy groups -OCH3 is 3. The van der Waals surface area contributed by atoms with E-state index in [0.29, 0.717) is 11.5 Å². The number of aromatic nitrogens is 2. The number of hydrogen-bond donors (Lipinski definition) is 2. The van der Waals surface area contributed by atoms with Crippen LogP contribution in [0.5, 0.6) is 11.5 Å². The van der Waals surface area contributed by atoms with E-state index in [2.05, 4.69) is 4.98 Å². The molecule has 174 valence electrons. The van der Waals surface area contributed by atoms with E-state index in [0.717, 1.165) is 5.56 Å². The summed E-state index contributed by atoms with van der Waals surface area (Å²) < 4.78 is 16.8. The molecule has 0 aliphatic carbocycles. The number of nitrogens with one attached hydrogen (secondary N) is 1. The number of nitrogen functional groups attached to an aromatic ring is 1. The van der Waals surface area contributed by atoms with Crippen LogP contribution >= 0.6 is 0 Å². The van der Waals surface area contributed by atoms with E-state index >= 15 is 0 Å². The molecule has 0 spiro atoms. The Balaban J connectivity index is 2.16. The zero-order valence-corrected chi connectivity index (χ0v) is 18.7. The number of carbonyl (C=O) groups excluding carboxylic acids is 1. The number of benzene rings is 2. The van der Waals surface area contributed by atoms with Crippen molar-refractivity contribution in [2.45, 2.75) is 13.1 Å². The Bertz CT molecular complexity index is 1240. The average Bonchev–Trinajstić information content (AvgIpc) is 2.82. The summed E-state index contributed by atoms with van der Waals surface area (Å²) >= 11 is 0. The fraction of sp³-hybridized carbons (Fsp3) is 0.261. The summed E-state index contributed by atoms with van der Waals surface area (Å²) in [4.78, 5) is 42.3. The maximum Gasteiger partial charge on any atom is 0.330 e. The number of amides is 1. The van der Waals surface area contributed by atoms with Crippen LogP contribution in [0.1, 0.15) is 15.9 Å². The molecule has 1 amide bonds. The Hall–Kier alpha value is -4.05. The minimum absolute atomic E-state index is 0.0454. The number of ether oxygens (including phenoxy) is 3. The Morgan fingerprint density at radius 3 is 2.36 bits per heavy atom. The van der Waals surface area contributed by atoms with Crippen molar-refractivity contribution >= 4 is 17.4 Å². The van der Waals surface area contributed by atoms with Gasteiger partial charge in [-0.1, -0.05) is 30.3 Å². The molecule has 0 unspecified atom stereocenters.